The molecule has 3 heterocycles. The number of alkyl halides is 1. The normalized spacial score (nSPS) is 22.2. The van der Waals surface area contributed by atoms with E-state index in [2.05, 4.69) is 36.5 Å². The molecule has 0 aromatic carbocycles. The molecular formula is C14H14BrFN4O. The Hall–Kier alpha value is -1.60. The highest BCUT2D eigenvalue weighted by molar-refractivity contribution is 9.10. The van der Waals surface area contributed by atoms with Gasteiger partial charge in [0.05, 0.1) is 16.0 Å². The third kappa shape index (κ3) is 3.03. The molecule has 5 nitrogen and oxygen atoms in total. The third-order valence-electron chi connectivity index (χ3n) is 3.51. The lowest BCUT2D eigenvalue weighted by molar-refractivity contribution is 0.0887. The Morgan fingerprint density at radius 3 is 3.10 bits per heavy atom. The predicted molar refractivity (Wildman–Crippen MR) is 80.9 cm³/mol. The van der Waals surface area contributed by atoms with E-state index in [9.17, 15) is 9.18 Å². The number of aromatic nitrogens is 2. The first-order valence-electron chi connectivity index (χ1n) is 6.71. The summed E-state index contributed by atoms with van der Waals surface area (Å²) in [5, 5.41) is 6.51. The summed E-state index contributed by atoms with van der Waals surface area (Å²) in [6.07, 6.45) is 2.81. The Morgan fingerprint density at radius 2 is 2.29 bits per heavy atom. The van der Waals surface area contributed by atoms with Gasteiger partial charge in [0, 0.05) is 24.3 Å². The molecule has 1 fully saturated rings. The highest BCUT2D eigenvalue weighted by atomic mass is 79.9. The van der Waals surface area contributed by atoms with E-state index in [1.807, 2.05) is 0 Å². The fourth-order valence-electron chi connectivity index (χ4n) is 2.36. The van der Waals surface area contributed by atoms with Crippen LogP contribution in [0, 0.1) is 0 Å². The number of amides is 1. The molecule has 2 atom stereocenters. The first-order valence-corrected chi connectivity index (χ1v) is 7.50. The monoisotopic (exact) mass is 352 g/mol. The Labute approximate surface area is 129 Å². The van der Waals surface area contributed by atoms with Crippen molar-refractivity contribution in [3.8, 4) is 0 Å². The van der Waals surface area contributed by atoms with Crippen LogP contribution >= 0.6 is 15.9 Å². The molecular weight excluding hydrogens is 339 g/mol. The fraction of sp³-hybridized carbons (Fsp3) is 0.357. The number of carbonyl (C=O) groups excluding carboxylic acids is 1. The Balaban J connectivity index is 1.82. The van der Waals surface area contributed by atoms with E-state index in [-0.39, 0.29) is 18.1 Å². The van der Waals surface area contributed by atoms with Crippen molar-refractivity contribution in [3.05, 3.63) is 34.7 Å². The molecule has 110 valence electrons. The topological polar surface area (TPSA) is 66.9 Å². The molecule has 21 heavy (non-hydrogen) atoms. The second-order valence-corrected chi connectivity index (χ2v) is 5.83. The van der Waals surface area contributed by atoms with Gasteiger partial charge in [0.25, 0.3) is 5.91 Å². The van der Waals surface area contributed by atoms with Crippen molar-refractivity contribution in [2.75, 3.05) is 13.1 Å². The average molecular weight is 353 g/mol. The number of rotatable bonds is 2. The number of nitrogens with one attached hydrogen (secondary N) is 2. The predicted octanol–water partition coefficient (Wildman–Crippen LogP) is 1.82. The van der Waals surface area contributed by atoms with E-state index in [4.69, 9.17) is 0 Å². The van der Waals surface area contributed by atoms with Crippen LogP contribution in [0.5, 0.6) is 0 Å². The fourth-order valence-corrected chi connectivity index (χ4v) is 2.80. The van der Waals surface area contributed by atoms with Gasteiger partial charge < -0.3 is 10.6 Å². The summed E-state index contributed by atoms with van der Waals surface area (Å²) in [4.78, 5) is 20.6. The van der Waals surface area contributed by atoms with Crippen molar-refractivity contribution in [1.82, 2.24) is 20.6 Å². The van der Waals surface area contributed by atoms with E-state index in [0.717, 1.165) is 9.86 Å². The van der Waals surface area contributed by atoms with Gasteiger partial charge in [-0.05, 0) is 41.0 Å². The minimum absolute atomic E-state index is 0.271. The van der Waals surface area contributed by atoms with E-state index in [1.54, 1.807) is 24.5 Å². The molecule has 2 aromatic heterocycles. The van der Waals surface area contributed by atoms with Gasteiger partial charge in [0.2, 0.25) is 0 Å². The molecule has 0 spiro atoms. The maximum absolute atomic E-state index is 13.7. The van der Waals surface area contributed by atoms with Crippen molar-refractivity contribution in [3.63, 3.8) is 0 Å². The van der Waals surface area contributed by atoms with E-state index >= 15 is 0 Å². The number of fused-ring (bicyclic) bond motifs is 1. The zero-order valence-corrected chi connectivity index (χ0v) is 12.7. The van der Waals surface area contributed by atoms with E-state index < -0.39 is 12.2 Å². The Kier molecular flexibility index (Phi) is 4.12. The van der Waals surface area contributed by atoms with Crippen molar-refractivity contribution < 1.29 is 9.18 Å². The molecule has 1 aliphatic heterocycles. The van der Waals surface area contributed by atoms with Crippen molar-refractivity contribution >= 4 is 32.7 Å². The maximum atomic E-state index is 13.7. The molecule has 2 N–H and O–H groups in total. The molecule has 1 amide bonds. The molecule has 2 unspecified atom stereocenters. The van der Waals surface area contributed by atoms with Gasteiger partial charge in [-0.15, -0.1) is 0 Å². The molecule has 7 heteroatoms. The molecule has 2 aromatic rings. The third-order valence-corrected chi connectivity index (χ3v) is 4.09. The smallest absolute Gasteiger partial charge is 0.270 e. The first-order chi connectivity index (χ1) is 10.1. The summed E-state index contributed by atoms with van der Waals surface area (Å²) in [6.45, 7) is 0.973. The van der Waals surface area contributed by atoms with Crippen LogP contribution in [0.1, 0.15) is 16.9 Å². The van der Waals surface area contributed by atoms with Gasteiger partial charge >= 0.3 is 0 Å². The number of pyridine rings is 2. The number of carbonyl (C=O) groups is 1. The molecule has 0 radical (unpaired) electrons. The highest BCUT2D eigenvalue weighted by Crippen LogP contribution is 2.20. The Bertz CT molecular complexity index is 681. The zero-order chi connectivity index (χ0) is 14.8. The largest absolute Gasteiger partial charge is 0.345 e. The lowest BCUT2D eigenvalue weighted by Gasteiger charge is -2.27. The quantitative estimate of drug-likeness (QED) is 0.865. The number of piperidine rings is 1. The van der Waals surface area contributed by atoms with Gasteiger partial charge in [0.1, 0.15) is 11.9 Å². The van der Waals surface area contributed by atoms with Crippen LogP contribution in [0.25, 0.3) is 10.9 Å². The second-order valence-electron chi connectivity index (χ2n) is 4.98. The minimum Gasteiger partial charge on any atom is -0.345 e. The van der Waals surface area contributed by atoms with E-state index in [0.29, 0.717) is 18.5 Å². The summed E-state index contributed by atoms with van der Waals surface area (Å²) < 4.78 is 14.4. The lowest BCUT2D eigenvalue weighted by atomic mass is 10.0. The molecule has 1 saturated heterocycles. The maximum Gasteiger partial charge on any atom is 0.270 e. The Morgan fingerprint density at radius 1 is 1.43 bits per heavy atom. The summed E-state index contributed by atoms with van der Waals surface area (Å²) in [6, 6.07) is 2.95. The molecule has 1 aliphatic rings. The van der Waals surface area contributed by atoms with Crippen LogP contribution in [-0.2, 0) is 0 Å². The number of halogens is 2. The molecule has 0 aliphatic carbocycles. The van der Waals surface area contributed by atoms with Crippen LogP contribution in [0.15, 0.2) is 29.0 Å². The van der Waals surface area contributed by atoms with Crippen molar-refractivity contribution in [2.45, 2.75) is 18.6 Å². The van der Waals surface area contributed by atoms with Crippen LogP contribution in [0.2, 0.25) is 0 Å². The molecule has 0 saturated carbocycles. The molecule has 3 rings (SSSR count). The van der Waals surface area contributed by atoms with Gasteiger partial charge in [-0.1, -0.05) is 0 Å². The van der Waals surface area contributed by atoms with Crippen LogP contribution in [0.3, 0.4) is 0 Å². The van der Waals surface area contributed by atoms with E-state index in [1.165, 1.54) is 0 Å². The number of hydrogen-bond acceptors (Lipinski definition) is 4. The van der Waals surface area contributed by atoms with Gasteiger partial charge in [-0.25, -0.2) is 9.37 Å². The summed E-state index contributed by atoms with van der Waals surface area (Å²) in [7, 11) is 0. The number of hydrogen-bond donors (Lipinski definition) is 2. The van der Waals surface area contributed by atoms with Crippen LogP contribution in [-0.4, -0.2) is 41.2 Å². The van der Waals surface area contributed by atoms with Gasteiger partial charge in [-0.2, -0.15) is 0 Å². The van der Waals surface area contributed by atoms with Gasteiger partial charge in [0.15, 0.2) is 0 Å². The standard InChI is InChI=1S/C14H14BrFN4O/c15-9-6-18-5-8-1-2-12(19-13(8)9)14(21)20-11-3-4-17-7-10(11)16/h1-2,5-6,10-11,17H,3-4,7H2,(H,20,21). The van der Waals surface area contributed by atoms with Crippen molar-refractivity contribution in [1.29, 1.82) is 0 Å². The lowest BCUT2D eigenvalue weighted by Crippen LogP contribution is -2.50. The summed E-state index contributed by atoms with van der Waals surface area (Å²) in [5.41, 5.74) is 0.944. The second kappa shape index (κ2) is 6.03. The first kappa shape index (κ1) is 14.3. The zero-order valence-electron chi connectivity index (χ0n) is 11.1. The molecule has 0 bridgehead atoms. The van der Waals surface area contributed by atoms with Crippen LogP contribution < -0.4 is 10.6 Å². The SMILES string of the molecule is O=C(NC1CCNCC1F)c1ccc2cncc(Br)c2n1. The van der Waals surface area contributed by atoms with Crippen LogP contribution in [0.4, 0.5) is 4.39 Å². The number of nitrogens with zero attached hydrogens (tertiary/aromatic N) is 2. The highest BCUT2D eigenvalue weighted by Gasteiger charge is 2.26. The minimum atomic E-state index is -1.07. The van der Waals surface area contributed by atoms with Gasteiger partial charge in [-0.3, -0.25) is 9.78 Å². The summed E-state index contributed by atoms with van der Waals surface area (Å²) >= 11 is 3.36. The van der Waals surface area contributed by atoms with Crippen molar-refractivity contribution in [2.24, 2.45) is 0 Å². The summed E-state index contributed by atoms with van der Waals surface area (Å²) in [5.74, 6) is -0.352. The average Bonchev–Trinajstić information content (AvgIpc) is 2.50.